The van der Waals surface area contributed by atoms with Gasteiger partial charge in [-0.3, -0.25) is 4.79 Å². The fourth-order valence-electron chi connectivity index (χ4n) is 1.99. The van der Waals surface area contributed by atoms with Crippen LogP contribution in [0.2, 0.25) is 0 Å². The van der Waals surface area contributed by atoms with Crippen LogP contribution >= 0.6 is 11.8 Å². The van der Waals surface area contributed by atoms with Gasteiger partial charge in [-0.15, -0.1) is 0 Å². The third kappa shape index (κ3) is 4.80. The van der Waals surface area contributed by atoms with Crippen LogP contribution in [0, 0.1) is 0 Å². The molecular weight excluding hydrogens is 262 g/mol. The maximum absolute atomic E-state index is 11.9. The lowest BCUT2D eigenvalue weighted by molar-refractivity contribution is -0.148. The van der Waals surface area contributed by atoms with Gasteiger partial charge in [0.25, 0.3) is 0 Å². The zero-order valence-electron chi connectivity index (χ0n) is 11.8. The fraction of sp³-hybridized carbons (Fsp3) is 0.615. The van der Waals surface area contributed by atoms with Crippen molar-refractivity contribution < 1.29 is 9.53 Å². The fourth-order valence-corrected chi connectivity index (χ4v) is 3.01. The van der Waals surface area contributed by atoms with Crippen molar-refractivity contribution in [3.63, 3.8) is 0 Å². The zero-order valence-corrected chi connectivity index (χ0v) is 12.7. The Balaban J connectivity index is 2.66. The Hall–Kier alpha value is -1.14. The molecule has 5 nitrogen and oxygen atoms in total. The number of nitrogens with zero attached hydrogens (tertiary/aromatic N) is 2. The Labute approximate surface area is 118 Å². The molecule has 6 heteroatoms. The Morgan fingerprint density at radius 2 is 2.16 bits per heavy atom. The minimum atomic E-state index is -0.676. The summed E-state index contributed by atoms with van der Waals surface area (Å²) in [7, 11) is 1.41. The smallest absolute Gasteiger partial charge is 0.325 e. The van der Waals surface area contributed by atoms with E-state index in [0.29, 0.717) is 13.0 Å². The molecule has 0 aromatic carbocycles. The van der Waals surface area contributed by atoms with Crippen molar-refractivity contribution >= 4 is 17.7 Å². The molecule has 0 bridgehead atoms. The summed E-state index contributed by atoms with van der Waals surface area (Å²) >= 11 is 1.55. The molecule has 0 saturated carbocycles. The Kier molecular flexibility index (Phi) is 6.24. The number of carbonyl (C=O) groups excluding carboxylic acids is 1. The van der Waals surface area contributed by atoms with Gasteiger partial charge in [-0.1, -0.05) is 25.6 Å². The van der Waals surface area contributed by atoms with E-state index < -0.39 is 5.54 Å². The number of nitrogens with one attached hydrogen (secondary N) is 1. The van der Waals surface area contributed by atoms with Gasteiger partial charge in [0, 0.05) is 17.6 Å². The van der Waals surface area contributed by atoms with Crippen LogP contribution in [0.25, 0.3) is 0 Å². The van der Waals surface area contributed by atoms with Gasteiger partial charge in [0.1, 0.15) is 5.54 Å². The molecule has 2 unspecified atom stereocenters. The average molecular weight is 283 g/mol. The van der Waals surface area contributed by atoms with Crippen LogP contribution in [0.1, 0.15) is 27.2 Å². The highest BCUT2D eigenvalue weighted by molar-refractivity contribution is 7.99. The number of hydrogen-bond donors (Lipinski definition) is 1. The lowest BCUT2D eigenvalue weighted by Gasteiger charge is -2.29. The van der Waals surface area contributed by atoms with E-state index in [2.05, 4.69) is 22.2 Å². The second-order valence-electron chi connectivity index (χ2n) is 4.52. The molecule has 0 spiro atoms. The van der Waals surface area contributed by atoms with Crippen molar-refractivity contribution in [2.24, 2.45) is 0 Å². The summed E-state index contributed by atoms with van der Waals surface area (Å²) in [4.78, 5) is 20.2. The molecule has 2 atom stereocenters. The molecule has 1 rings (SSSR count). The Morgan fingerprint density at radius 3 is 2.68 bits per heavy atom. The van der Waals surface area contributed by atoms with Crippen molar-refractivity contribution in [1.82, 2.24) is 15.3 Å². The van der Waals surface area contributed by atoms with Crippen LogP contribution in [0.15, 0.2) is 23.6 Å². The minimum Gasteiger partial charge on any atom is -0.468 e. The summed E-state index contributed by atoms with van der Waals surface area (Å²) in [5.74, 6) is -0.240. The van der Waals surface area contributed by atoms with Crippen LogP contribution in [0.3, 0.4) is 0 Å². The van der Waals surface area contributed by atoms with E-state index in [0.717, 1.165) is 5.16 Å². The molecule has 1 aromatic rings. The number of hydrogen-bond acceptors (Lipinski definition) is 6. The van der Waals surface area contributed by atoms with Crippen LogP contribution in [-0.4, -0.2) is 40.4 Å². The molecular formula is C13H21N3O2S. The van der Waals surface area contributed by atoms with Crippen molar-refractivity contribution in [2.45, 2.75) is 43.1 Å². The van der Waals surface area contributed by atoms with Gasteiger partial charge in [-0.25, -0.2) is 9.97 Å². The van der Waals surface area contributed by atoms with Gasteiger partial charge in [-0.05, 0) is 26.0 Å². The number of esters is 1. The first-order valence-electron chi connectivity index (χ1n) is 6.29. The Bertz CT molecular complexity index is 402. The molecule has 0 saturated heterocycles. The van der Waals surface area contributed by atoms with E-state index in [1.807, 2.05) is 13.8 Å². The second-order valence-corrected chi connectivity index (χ2v) is 5.92. The number of carbonyl (C=O) groups is 1. The highest BCUT2D eigenvalue weighted by Crippen LogP contribution is 2.26. The molecule has 19 heavy (non-hydrogen) atoms. The summed E-state index contributed by atoms with van der Waals surface area (Å²) in [5.41, 5.74) is -0.676. The molecule has 1 heterocycles. The van der Waals surface area contributed by atoms with Crippen molar-refractivity contribution in [3.05, 3.63) is 18.5 Å². The van der Waals surface area contributed by atoms with Crippen LogP contribution in [0.4, 0.5) is 0 Å². The van der Waals surface area contributed by atoms with E-state index in [1.165, 1.54) is 7.11 Å². The SMILES string of the molecule is CCNC(C)(CC(C)Sc1ncccn1)C(=O)OC. The summed E-state index contributed by atoms with van der Waals surface area (Å²) < 4.78 is 4.88. The first-order chi connectivity index (χ1) is 9.01. The van der Waals surface area contributed by atoms with Gasteiger partial charge in [0.2, 0.25) is 0 Å². The topological polar surface area (TPSA) is 64.1 Å². The third-order valence-corrected chi connectivity index (χ3v) is 3.74. The van der Waals surface area contributed by atoms with Gasteiger partial charge < -0.3 is 10.1 Å². The second kappa shape index (κ2) is 7.45. The summed E-state index contributed by atoms with van der Waals surface area (Å²) in [6.45, 7) is 6.61. The molecule has 0 aliphatic rings. The van der Waals surface area contributed by atoms with E-state index in [1.54, 1.807) is 30.2 Å². The summed E-state index contributed by atoms with van der Waals surface area (Å²) in [6, 6.07) is 1.78. The number of rotatable bonds is 7. The predicted molar refractivity (Wildman–Crippen MR) is 76.1 cm³/mol. The highest BCUT2D eigenvalue weighted by Gasteiger charge is 2.35. The number of methoxy groups -OCH3 is 1. The normalized spacial score (nSPS) is 15.6. The van der Waals surface area contributed by atoms with Crippen molar-refractivity contribution in [3.8, 4) is 0 Å². The van der Waals surface area contributed by atoms with Crippen LogP contribution in [-0.2, 0) is 9.53 Å². The van der Waals surface area contributed by atoms with E-state index in [9.17, 15) is 4.79 Å². The lowest BCUT2D eigenvalue weighted by Crippen LogP contribution is -2.51. The first kappa shape index (κ1) is 15.9. The maximum Gasteiger partial charge on any atom is 0.325 e. The molecule has 0 amide bonds. The third-order valence-electron chi connectivity index (χ3n) is 2.75. The molecule has 0 aliphatic heterocycles. The molecule has 0 aliphatic carbocycles. The number of likely N-dealkylation sites (N-methyl/N-ethyl adjacent to an activating group) is 1. The largest absolute Gasteiger partial charge is 0.468 e. The number of thioether (sulfide) groups is 1. The van der Waals surface area contributed by atoms with Crippen molar-refractivity contribution in [2.75, 3.05) is 13.7 Å². The minimum absolute atomic E-state index is 0.200. The molecule has 1 aromatic heterocycles. The Morgan fingerprint density at radius 1 is 1.53 bits per heavy atom. The maximum atomic E-state index is 11.9. The standard InChI is InChI=1S/C13H21N3O2S/c1-5-16-13(3,11(17)18-4)9-10(2)19-12-14-7-6-8-15-12/h6-8,10,16H,5,9H2,1-4H3. The zero-order chi connectivity index (χ0) is 14.3. The van der Waals surface area contributed by atoms with E-state index >= 15 is 0 Å². The summed E-state index contributed by atoms with van der Waals surface area (Å²) in [6.07, 6.45) is 4.08. The summed E-state index contributed by atoms with van der Waals surface area (Å²) in [5, 5.41) is 4.12. The van der Waals surface area contributed by atoms with Gasteiger partial charge >= 0.3 is 5.97 Å². The average Bonchev–Trinajstić information content (AvgIpc) is 2.38. The first-order valence-corrected chi connectivity index (χ1v) is 7.17. The van der Waals surface area contributed by atoms with Gasteiger partial charge in [-0.2, -0.15) is 0 Å². The lowest BCUT2D eigenvalue weighted by atomic mass is 9.96. The monoisotopic (exact) mass is 283 g/mol. The quantitative estimate of drug-likeness (QED) is 0.468. The molecule has 0 fully saturated rings. The predicted octanol–water partition coefficient (Wildman–Crippen LogP) is 1.89. The highest BCUT2D eigenvalue weighted by atomic mass is 32.2. The van der Waals surface area contributed by atoms with Crippen LogP contribution < -0.4 is 5.32 Å². The van der Waals surface area contributed by atoms with E-state index in [-0.39, 0.29) is 11.2 Å². The molecule has 1 N–H and O–H groups in total. The number of ether oxygens (including phenoxy) is 1. The molecule has 0 radical (unpaired) electrons. The number of aromatic nitrogens is 2. The van der Waals surface area contributed by atoms with Gasteiger partial charge in [0.15, 0.2) is 5.16 Å². The van der Waals surface area contributed by atoms with E-state index in [4.69, 9.17) is 4.74 Å². The van der Waals surface area contributed by atoms with Crippen LogP contribution in [0.5, 0.6) is 0 Å². The van der Waals surface area contributed by atoms with Crippen molar-refractivity contribution in [1.29, 1.82) is 0 Å². The van der Waals surface area contributed by atoms with Gasteiger partial charge in [0.05, 0.1) is 7.11 Å². The molecule has 106 valence electrons.